The van der Waals surface area contributed by atoms with Gasteiger partial charge in [-0.2, -0.15) is 0 Å². The van der Waals surface area contributed by atoms with Gasteiger partial charge in [0.15, 0.2) is 6.20 Å². The number of amides is 1. The highest BCUT2D eigenvalue weighted by Gasteiger charge is 2.17. The summed E-state index contributed by atoms with van der Waals surface area (Å²) in [5.74, 6) is -0.993. The van der Waals surface area contributed by atoms with E-state index in [9.17, 15) is 14.9 Å². The first kappa shape index (κ1) is 15.1. The largest absolute Gasteiger partial charge is 0.432 e. The summed E-state index contributed by atoms with van der Waals surface area (Å²) in [5, 5.41) is 10.4. The maximum atomic E-state index is 11.6. The molecule has 0 saturated carbocycles. The molecule has 9 nitrogen and oxygen atoms in total. The Labute approximate surface area is 109 Å². The van der Waals surface area contributed by atoms with Crippen molar-refractivity contribution in [2.45, 2.75) is 26.3 Å². The second kappa shape index (κ2) is 7.44. The van der Waals surface area contributed by atoms with Gasteiger partial charge in [0.25, 0.3) is 5.91 Å². The number of nitrogens with zero attached hydrogens (tertiary/aromatic N) is 2. The smallest absolute Gasteiger partial charge is 0.390 e. The van der Waals surface area contributed by atoms with Gasteiger partial charge in [0.1, 0.15) is 0 Å². The van der Waals surface area contributed by atoms with Crippen LogP contribution in [0.4, 0.5) is 5.95 Å². The maximum Gasteiger partial charge on any atom is 0.432 e. The molecule has 0 aliphatic rings. The molecule has 0 fully saturated rings. The molecule has 1 unspecified atom stereocenters. The van der Waals surface area contributed by atoms with Crippen LogP contribution in [-0.2, 0) is 4.74 Å². The average Bonchev–Trinajstić information content (AvgIpc) is 2.86. The lowest BCUT2D eigenvalue weighted by molar-refractivity contribution is -0.393. The molecule has 3 N–H and O–H groups in total. The van der Waals surface area contributed by atoms with Gasteiger partial charge in [0.2, 0.25) is 5.69 Å². The monoisotopic (exact) mass is 271 g/mol. The number of hydrogen-bond acceptors (Lipinski definition) is 6. The van der Waals surface area contributed by atoms with Gasteiger partial charge < -0.3 is 14.9 Å². The molecular formula is C10H17N5O4. The number of imidazole rings is 1. The van der Waals surface area contributed by atoms with Crippen LogP contribution in [-0.4, -0.2) is 40.1 Å². The molecule has 1 aromatic heterocycles. The van der Waals surface area contributed by atoms with Crippen molar-refractivity contribution in [1.82, 2.24) is 20.8 Å². The van der Waals surface area contributed by atoms with Crippen LogP contribution < -0.4 is 10.9 Å². The molecule has 9 heteroatoms. The number of hydrogen-bond donors (Lipinski definition) is 3. The minimum atomic E-state index is -0.703. The molecule has 0 saturated heterocycles. The quantitative estimate of drug-likeness (QED) is 0.356. The lowest BCUT2D eigenvalue weighted by Gasteiger charge is -2.13. The summed E-state index contributed by atoms with van der Waals surface area (Å²) >= 11 is 0. The molecule has 0 aliphatic carbocycles. The number of carbonyl (C=O) groups is 1. The van der Waals surface area contributed by atoms with Crippen LogP contribution in [0.5, 0.6) is 0 Å². The van der Waals surface area contributed by atoms with Crippen molar-refractivity contribution in [3.8, 4) is 0 Å². The standard InChI is InChI=1S/C10H17N5O4/c1-3-4-19-6-7(2)13-14-9(16)8-5-11-10(12-8)15(17)18/h5,7,13H,3-4,6H2,1-2H3,(H,11,12)(H,14,16). The minimum absolute atomic E-state index is 0.0147. The predicted octanol–water partition coefficient (Wildman–Crippen LogP) is 0.367. The number of nitro groups is 1. The first-order chi connectivity index (χ1) is 9.04. The van der Waals surface area contributed by atoms with Crippen LogP contribution in [0, 0.1) is 10.1 Å². The second-order valence-electron chi connectivity index (χ2n) is 3.95. The minimum Gasteiger partial charge on any atom is -0.390 e. The maximum absolute atomic E-state index is 11.6. The molecule has 1 amide bonds. The van der Waals surface area contributed by atoms with Crippen molar-refractivity contribution < 1.29 is 14.5 Å². The van der Waals surface area contributed by atoms with E-state index < -0.39 is 16.8 Å². The lowest BCUT2D eigenvalue weighted by atomic mass is 10.4. The number of ether oxygens (including phenoxy) is 1. The number of carbonyl (C=O) groups excluding carboxylic acids is 1. The fourth-order valence-corrected chi connectivity index (χ4v) is 1.22. The first-order valence-electron chi connectivity index (χ1n) is 5.87. The molecule has 1 aromatic rings. The third kappa shape index (κ3) is 5.02. The third-order valence-corrected chi connectivity index (χ3v) is 2.13. The number of rotatable bonds is 8. The Bertz CT molecular complexity index is 433. The molecule has 1 heterocycles. The highest BCUT2D eigenvalue weighted by atomic mass is 16.6. The van der Waals surface area contributed by atoms with E-state index in [2.05, 4.69) is 20.8 Å². The zero-order valence-corrected chi connectivity index (χ0v) is 10.8. The zero-order valence-electron chi connectivity index (χ0n) is 10.8. The van der Waals surface area contributed by atoms with Crippen molar-refractivity contribution in [2.75, 3.05) is 13.2 Å². The summed E-state index contributed by atoms with van der Waals surface area (Å²) in [6.07, 6.45) is 2.03. The molecular weight excluding hydrogens is 254 g/mol. The van der Waals surface area contributed by atoms with Crippen molar-refractivity contribution in [3.63, 3.8) is 0 Å². The fourth-order valence-electron chi connectivity index (χ4n) is 1.22. The fraction of sp³-hybridized carbons (Fsp3) is 0.600. The number of aromatic amines is 1. The number of aromatic nitrogens is 2. The van der Waals surface area contributed by atoms with Gasteiger partial charge in [-0.25, -0.2) is 10.4 Å². The Hall–Kier alpha value is -2.00. The van der Waals surface area contributed by atoms with Crippen molar-refractivity contribution in [1.29, 1.82) is 0 Å². The molecule has 0 aliphatic heterocycles. The van der Waals surface area contributed by atoms with Crippen LogP contribution >= 0.6 is 0 Å². The first-order valence-corrected chi connectivity index (χ1v) is 5.87. The van der Waals surface area contributed by atoms with Gasteiger partial charge in [-0.05, 0) is 18.3 Å². The van der Waals surface area contributed by atoms with Gasteiger partial charge >= 0.3 is 5.95 Å². The van der Waals surface area contributed by atoms with E-state index in [1.807, 2.05) is 13.8 Å². The normalized spacial score (nSPS) is 12.1. The Morgan fingerprint density at radius 3 is 3.00 bits per heavy atom. The van der Waals surface area contributed by atoms with Gasteiger partial charge in [-0.15, -0.1) is 0 Å². The summed E-state index contributed by atoms with van der Waals surface area (Å²) in [7, 11) is 0. The molecule has 0 aromatic carbocycles. The predicted molar refractivity (Wildman–Crippen MR) is 66.4 cm³/mol. The molecule has 0 radical (unpaired) electrons. The van der Waals surface area contributed by atoms with E-state index in [0.29, 0.717) is 13.2 Å². The Kier molecular flexibility index (Phi) is 5.90. The Morgan fingerprint density at radius 1 is 1.68 bits per heavy atom. The highest BCUT2D eigenvalue weighted by molar-refractivity contribution is 5.91. The van der Waals surface area contributed by atoms with Crippen LogP contribution in [0.2, 0.25) is 0 Å². The van der Waals surface area contributed by atoms with Crippen LogP contribution in [0.1, 0.15) is 30.8 Å². The zero-order chi connectivity index (χ0) is 14.3. The van der Waals surface area contributed by atoms with Crippen LogP contribution in [0.25, 0.3) is 0 Å². The molecule has 0 spiro atoms. The summed E-state index contributed by atoms with van der Waals surface area (Å²) in [5.41, 5.74) is 5.17. The molecule has 1 atom stereocenters. The Balaban J connectivity index is 2.35. The van der Waals surface area contributed by atoms with E-state index in [-0.39, 0.29) is 11.7 Å². The Morgan fingerprint density at radius 2 is 2.42 bits per heavy atom. The van der Waals surface area contributed by atoms with Gasteiger partial charge in [-0.1, -0.05) is 11.9 Å². The number of nitrogens with one attached hydrogen (secondary N) is 3. The topological polar surface area (TPSA) is 122 Å². The van der Waals surface area contributed by atoms with Gasteiger partial charge in [0.05, 0.1) is 6.61 Å². The lowest BCUT2D eigenvalue weighted by Crippen LogP contribution is -2.45. The van der Waals surface area contributed by atoms with E-state index in [4.69, 9.17) is 4.74 Å². The van der Waals surface area contributed by atoms with Crippen molar-refractivity contribution in [2.24, 2.45) is 0 Å². The van der Waals surface area contributed by atoms with E-state index in [1.54, 1.807) is 0 Å². The number of hydrazine groups is 1. The van der Waals surface area contributed by atoms with Crippen molar-refractivity contribution >= 4 is 11.9 Å². The summed E-state index contributed by atoms with van der Waals surface area (Å²) in [4.78, 5) is 27.1. The van der Waals surface area contributed by atoms with Gasteiger partial charge in [-0.3, -0.25) is 10.2 Å². The molecule has 106 valence electrons. The summed E-state index contributed by atoms with van der Waals surface area (Å²) in [6.45, 7) is 4.96. The second-order valence-corrected chi connectivity index (χ2v) is 3.95. The highest BCUT2D eigenvalue weighted by Crippen LogP contribution is 2.04. The third-order valence-electron chi connectivity index (χ3n) is 2.13. The molecule has 1 rings (SSSR count). The van der Waals surface area contributed by atoms with E-state index >= 15 is 0 Å². The van der Waals surface area contributed by atoms with E-state index in [0.717, 1.165) is 12.6 Å². The van der Waals surface area contributed by atoms with Crippen LogP contribution in [0.3, 0.4) is 0 Å². The molecule has 19 heavy (non-hydrogen) atoms. The summed E-state index contributed by atoms with van der Waals surface area (Å²) in [6, 6.07) is -0.0755. The van der Waals surface area contributed by atoms with Crippen molar-refractivity contribution in [3.05, 3.63) is 22.0 Å². The van der Waals surface area contributed by atoms with E-state index in [1.165, 1.54) is 0 Å². The SMILES string of the molecule is CCCOCC(C)NNC(=O)c1cnc([N+](=O)[O-])[nH]1. The number of H-pyrrole nitrogens is 1. The van der Waals surface area contributed by atoms with Crippen LogP contribution in [0.15, 0.2) is 6.20 Å². The van der Waals surface area contributed by atoms with Gasteiger partial charge in [0, 0.05) is 12.6 Å². The average molecular weight is 271 g/mol. The summed E-state index contributed by atoms with van der Waals surface area (Å²) < 4.78 is 5.29. The molecule has 0 bridgehead atoms.